The van der Waals surface area contributed by atoms with E-state index in [-0.39, 0.29) is 17.9 Å². The van der Waals surface area contributed by atoms with E-state index in [1.54, 1.807) is 12.1 Å². The smallest absolute Gasteiger partial charge is 0.412 e. The Morgan fingerprint density at radius 1 is 1.38 bits per heavy atom. The van der Waals surface area contributed by atoms with Crippen molar-refractivity contribution in [3.63, 3.8) is 0 Å². The van der Waals surface area contributed by atoms with Crippen molar-refractivity contribution in [2.75, 3.05) is 13.2 Å². The van der Waals surface area contributed by atoms with E-state index in [2.05, 4.69) is 10.3 Å². The number of rotatable bonds is 3. The number of aliphatic imine (C=N–C) groups is 1. The number of hydrogen-bond acceptors (Lipinski definition) is 5. The fourth-order valence-corrected chi connectivity index (χ4v) is 2.41. The van der Waals surface area contributed by atoms with Gasteiger partial charge in [-0.2, -0.15) is 13.2 Å². The maximum absolute atomic E-state index is 12.6. The molecule has 1 aliphatic heterocycles. The SMILES string of the molecule is O=C(NCC1=CC(=O)C(C(F)(F)F)C=C1)Oc1cccc2c1N=CCO2. The molecule has 1 aromatic rings. The number of alkyl halides is 3. The van der Waals surface area contributed by atoms with Gasteiger partial charge in [0.15, 0.2) is 11.5 Å². The lowest BCUT2D eigenvalue weighted by Gasteiger charge is -2.18. The number of nitrogens with zero attached hydrogens (tertiary/aromatic N) is 1. The molecule has 1 unspecified atom stereocenters. The van der Waals surface area contributed by atoms with Gasteiger partial charge in [-0.25, -0.2) is 9.79 Å². The van der Waals surface area contributed by atoms with Crippen molar-refractivity contribution >= 4 is 23.8 Å². The summed E-state index contributed by atoms with van der Waals surface area (Å²) < 4.78 is 48.3. The van der Waals surface area contributed by atoms with Crippen LogP contribution >= 0.6 is 0 Å². The van der Waals surface area contributed by atoms with Crippen LogP contribution in [-0.4, -0.2) is 37.4 Å². The summed E-state index contributed by atoms with van der Waals surface area (Å²) in [5.74, 6) is -2.57. The Balaban J connectivity index is 1.59. The average Bonchev–Trinajstić information content (AvgIpc) is 2.59. The van der Waals surface area contributed by atoms with E-state index in [9.17, 15) is 22.8 Å². The van der Waals surface area contributed by atoms with Crippen LogP contribution < -0.4 is 14.8 Å². The molecular weight excluding hydrogens is 353 g/mol. The van der Waals surface area contributed by atoms with Gasteiger partial charge in [0, 0.05) is 12.8 Å². The zero-order chi connectivity index (χ0) is 18.7. The first-order valence-corrected chi connectivity index (χ1v) is 7.58. The van der Waals surface area contributed by atoms with Crippen molar-refractivity contribution in [3.8, 4) is 11.5 Å². The molecule has 6 nitrogen and oxygen atoms in total. The molecule has 1 aliphatic carbocycles. The highest BCUT2D eigenvalue weighted by Gasteiger charge is 2.43. The van der Waals surface area contributed by atoms with Gasteiger partial charge in [-0.05, 0) is 23.8 Å². The summed E-state index contributed by atoms with van der Waals surface area (Å²) in [4.78, 5) is 27.5. The standard InChI is InChI=1S/C17H13F3N2O4/c18-17(19,20)11-5-4-10(8-12(11)23)9-22-16(24)26-14-3-1-2-13-15(14)21-6-7-25-13/h1-6,8,11H,7,9H2,(H,22,24). The Morgan fingerprint density at radius 2 is 2.19 bits per heavy atom. The number of hydrogen-bond donors (Lipinski definition) is 1. The molecule has 136 valence electrons. The molecular formula is C17H13F3N2O4. The van der Waals surface area contributed by atoms with Crippen LogP contribution in [0.4, 0.5) is 23.7 Å². The molecule has 1 amide bonds. The van der Waals surface area contributed by atoms with Gasteiger partial charge in [0.05, 0.1) is 0 Å². The third-order valence-corrected chi connectivity index (χ3v) is 3.62. The van der Waals surface area contributed by atoms with E-state index in [0.717, 1.165) is 18.2 Å². The lowest BCUT2D eigenvalue weighted by atomic mass is 9.95. The molecule has 2 aliphatic rings. The molecule has 0 spiro atoms. The number of allylic oxidation sites excluding steroid dienone is 2. The summed E-state index contributed by atoms with van der Waals surface area (Å²) in [5, 5.41) is 2.37. The van der Waals surface area contributed by atoms with Crippen LogP contribution in [0.3, 0.4) is 0 Å². The average molecular weight is 366 g/mol. The number of carbonyl (C=O) groups is 2. The highest BCUT2D eigenvalue weighted by atomic mass is 19.4. The predicted octanol–water partition coefficient (Wildman–Crippen LogP) is 3.11. The topological polar surface area (TPSA) is 77.0 Å². The fourth-order valence-electron chi connectivity index (χ4n) is 2.41. The van der Waals surface area contributed by atoms with Crippen LogP contribution in [0.25, 0.3) is 0 Å². The zero-order valence-electron chi connectivity index (χ0n) is 13.2. The van der Waals surface area contributed by atoms with E-state index in [1.165, 1.54) is 12.3 Å². The van der Waals surface area contributed by atoms with Gasteiger partial charge in [0.2, 0.25) is 0 Å². The Hall–Kier alpha value is -3.10. The molecule has 0 saturated carbocycles. The second kappa shape index (κ2) is 7.03. The Bertz CT molecular complexity index is 828. The highest BCUT2D eigenvalue weighted by molar-refractivity contribution is 5.96. The second-order valence-electron chi connectivity index (χ2n) is 5.47. The maximum Gasteiger partial charge on any atom is 0.412 e. The van der Waals surface area contributed by atoms with E-state index in [1.807, 2.05) is 0 Å². The van der Waals surface area contributed by atoms with Crippen LogP contribution in [0.2, 0.25) is 0 Å². The molecule has 0 radical (unpaired) electrons. The van der Waals surface area contributed by atoms with Gasteiger partial charge in [-0.3, -0.25) is 4.79 Å². The van der Waals surface area contributed by atoms with Crippen LogP contribution in [0.5, 0.6) is 11.5 Å². The summed E-state index contributed by atoms with van der Waals surface area (Å²) in [6.07, 6.45) is -1.16. The number of ether oxygens (including phenoxy) is 2. The minimum absolute atomic E-state index is 0.152. The number of para-hydroxylation sites is 1. The Morgan fingerprint density at radius 3 is 2.92 bits per heavy atom. The molecule has 0 bridgehead atoms. The van der Waals surface area contributed by atoms with Crippen molar-refractivity contribution in [1.82, 2.24) is 5.32 Å². The first kappa shape index (κ1) is 17.7. The van der Waals surface area contributed by atoms with Gasteiger partial charge < -0.3 is 14.8 Å². The van der Waals surface area contributed by atoms with Crippen LogP contribution in [-0.2, 0) is 4.79 Å². The van der Waals surface area contributed by atoms with E-state index in [0.29, 0.717) is 18.0 Å². The van der Waals surface area contributed by atoms with Crippen LogP contribution in [0.15, 0.2) is 47.0 Å². The molecule has 1 atom stereocenters. The minimum Gasteiger partial charge on any atom is -0.486 e. The summed E-state index contributed by atoms with van der Waals surface area (Å²) >= 11 is 0. The van der Waals surface area contributed by atoms with Crippen molar-refractivity contribution in [2.24, 2.45) is 10.9 Å². The molecule has 1 N–H and O–H groups in total. The van der Waals surface area contributed by atoms with Gasteiger partial charge in [-0.15, -0.1) is 0 Å². The van der Waals surface area contributed by atoms with E-state index in [4.69, 9.17) is 9.47 Å². The normalized spacial score (nSPS) is 18.7. The Labute approximate surface area is 146 Å². The summed E-state index contributed by atoms with van der Waals surface area (Å²) in [5.41, 5.74) is 0.609. The first-order valence-electron chi connectivity index (χ1n) is 7.58. The number of benzene rings is 1. The molecule has 3 rings (SSSR count). The largest absolute Gasteiger partial charge is 0.486 e. The lowest BCUT2D eigenvalue weighted by Crippen LogP contribution is -2.32. The predicted molar refractivity (Wildman–Crippen MR) is 85.9 cm³/mol. The summed E-state index contributed by atoms with van der Waals surface area (Å²) in [7, 11) is 0. The third-order valence-electron chi connectivity index (χ3n) is 3.62. The van der Waals surface area contributed by atoms with Gasteiger partial charge in [-0.1, -0.05) is 18.2 Å². The fraction of sp³-hybridized carbons (Fsp3) is 0.235. The minimum atomic E-state index is -4.63. The number of halogens is 3. The van der Waals surface area contributed by atoms with E-state index < -0.39 is 24.0 Å². The maximum atomic E-state index is 12.6. The number of carbonyl (C=O) groups excluding carboxylic acids is 2. The van der Waals surface area contributed by atoms with Crippen molar-refractivity contribution in [3.05, 3.63) is 42.0 Å². The Kier molecular flexibility index (Phi) is 4.79. The number of nitrogens with one attached hydrogen (secondary N) is 1. The number of amides is 1. The van der Waals surface area contributed by atoms with Crippen molar-refractivity contribution in [1.29, 1.82) is 0 Å². The second-order valence-corrected chi connectivity index (χ2v) is 5.47. The van der Waals surface area contributed by atoms with E-state index >= 15 is 0 Å². The zero-order valence-corrected chi connectivity index (χ0v) is 13.2. The first-order chi connectivity index (χ1) is 12.3. The molecule has 0 aromatic heterocycles. The molecule has 1 heterocycles. The monoisotopic (exact) mass is 366 g/mol. The summed E-state index contributed by atoms with van der Waals surface area (Å²) in [6.45, 7) is 0.163. The molecule has 26 heavy (non-hydrogen) atoms. The van der Waals surface area contributed by atoms with Crippen molar-refractivity contribution in [2.45, 2.75) is 6.18 Å². The lowest BCUT2D eigenvalue weighted by molar-refractivity contribution is -0.168. The number of fused-ring (bicyclic) bond motifs is 1. The van der Waals surface area contributed by atoms with Crippen molar-refractivity contribution < 1.29 is 32.2 Å². The van der Waals surface area contributed by atoms with Gasteiger partial charge >= 0.3 is 12.3 Å². The molecule has 9 heteroatoms. The van der Waals surface area contributed by atoms with Gasteiger partial charge in [0.1, 0.15) is 24.0 Å². The molecule has 0 fully saturated rings. The van der Waals surface area contributed by atoms with Gasteiger partial charge in [0.25, 0.3) is 0 Å². The van der Waals surface area contributed by atoms with Crippen LogP contribution in [0, 0.1) is 5.92 Å². The number of ketones is 1. The third kappa shape index (κ3) is 3.93. The molecule has 1 aromatic carbocycles. The summed E-state index contributed by atoms with van der Waals surface area (Å²) in [6, 6.07) is 4.84. The van der Waals surface area contributed by atoms with Crippen LogP contribution in [0.1, 0.15) is 0 Å². The molecule has 0 saturated heterocycles. The highest BCUT2D eigenvalue weighted by Crippen LogP contribution is 2.38. The quantitative estimate of drug-likeness (QED) is 0.892.